The first-order chi connectivity index (χ1) is 8.79. The molecule has 0 bridgehead atoms. The van der Waals surface area contributed by atoms with Gasteiger partial charge in [0.2, 0.25) is 0 Å². The second kappa shape index (κ2) is 4.27. The summed E-state index contributed by atoms with van der Waals surface area (Å²) < 4.78 is 2.05. The van der Waals surface area contributed by atoms with Crippen LogP contribution in [0, 0.1) is 0 Å². The standard InChI is InChI=1S/C13H15N5/c1-14-6-12-13(18(2)8-17-12)9-3-4-10-11(5-9)16-7-15-10/h3-5,7-8,14H,6H2,1-2H3,(H,15,16). The molecule has 5 nitrogen and oxygen atoms in total. The molecule has 0 saturated carbocycles. The molecule has 0 aliphatic heterocycles. The van der Waals surface area contributed by atoms with Crippen LogP contribution in [0.1, 0.15) is 5.69 Å². The van der Waals surface area contributed by atoms with Gasteiger partial charge in [0.25, 0.3) is 0 Å². The second-order valence-electron chi connectivity index (χ2n) is 4.32. The Labute approximate surface area is 105 Å². The number of hydrogen-bond donors (Lipinski definition) is 2. The van der Waals surface area contributed by atoms with Gasteiger partial charge < -0.3 is 14.9 Å². The number of aromatic nitrogens is 4. The molecule has 1 aromatic carbocycles. The molecule has 0 saturated heterocycles. The Bertz CT molecular complexity index is 680. The summed E-state index contributed by atoms with van der Waals surface area (Å²) in [5.74, 6) is 0. The lowest BCUT2D eigenvalue weighted by Crippen LogP contribution is -2.07. The van der Waals surface area contributed by atoms with Crippen molar-refractivity contribution in [3.8, 4) is 11.3 Å². The summed E-state index contributed by atoms with van der Waals surface area (Å²) in [6, 6.07) is 6.22. The number of nitrogens with zero attached hydrogens (tertiary/aromatic N) is 3. The van der Waals surface area contributed by atoms with Crippen molar-refractivity contribution in [3.63, 3.8) is 0 Å². The Morgan fingerprint density at radius 3 is 3.06 bits per heavy atom. The fourth-order valence-corrected chi connectivity index (χ4v) is 2.23. The highest BCUT2D eigenvalue weighted by Gasteiger charge is 2.11. The van der Waals surface area contributed by atoms with Gasteiger partial charge in [0.15, 0.2) is 0 Å². The third kappa shape index (κ3) is 1.69. The molecule has 0 atom stereocenters. The SMILES string of the molecule is CNCc1ncn(C)c1-c1ccc2nc[nH]c2c1. The van der Waals surface area contributed by atoms with E-state index < -0.39 is 0 Å². The van der Waals surface area contributed by atoms with Crippen LogP contribution < -0.4 is 5.32 Å². The van der Waals surface area contributed by atoms with Crippen LogP contribution in [-0.2, 0) is 13.6 Å². The average Bonchev–Trinajstić information content (AvgIpc) is 2.96. The minimum absolute atomic E-state index is 0.761. The molecular formula is C13H15N5. The molecule has 0 amide bonds. The molecule has 18 heavy (non-hydrogen) atoms. The summed E-state index contributed by atoms with van der Waals surface area (Å²) in [7, 11) is 3.94. The largest absolute Gasteiger partial charge is 0.345 e. The summed E-state index contributed by atoms with van der Waals surface area (Å²) in [5, 5.41) is 3.14. The van der Waals surface area contributed by atoms with E-state index in [1.165, 1.54) is 0 Å². The van der Waals surface area contributed by atoms with Crippen LogP contribution in [0.3, 0.4) is 0 Å². The highest BCUT2D eigenvalue weighted by molar-refractivity contribution is 5.81. The first kappa shape index (κ1) is 11.0. The number of imidazole rings is 2. The molecule has 3 aromatic rings. The van der Waals surface area contributed by atoms with E-state index in [0.29, 0.717) is 0 Å². The van der Waals surface area contributed by atoms with E-state index in [2.05, 4.69) is 32.4 Å². The molecule has 2 aromatic heterocycles. The number of aromatic amines is 1. The van der Waals surface area contributed by atoms with Crippen molar-refractivity contribution >= 4 is 11.0 Å². The minimum atomic E-state index is 0.761. The lowest BCUT2D eigenvalue weighted by atomic mass is 10.1. The highest BCUT2D eigenvalue weighted by Crippen LogP contribution is 2.25. The molecule has 0 aliphatic rings. The fourth-order valence-electron chi connectivity index (χ4n) is 2.23. The van der Waals surface area contributed by atoms with Gasteiger partial charge in [-0.3, -0.25) is 0 Å². The van der Waals surface area contributed by atoms with Crippen LogP contribution in [0.15, 0.2) is 30.9 Å². The van der Waals surface area contributed by atoms with Crippen LogP contribution >= 0.6 is 0 Å². The predicted molar refractivity (Wildman–Crippen MR) is 71.1 cm³/mol. The zero-order chi connectivity index (χ0) is 12.5. The fraction of sp³-hybridized carbons (Fsp3) is 0.231. The Morgan fingerprint density at radius 2 is 2.22 bits per heavy atom. The summed E-state index contributed by atoms with van der Waals surface area (Å²) in [4.78, 5) is 11.8. The van der Waals surface area contributed by atoms with Crippen molar-refractivity contribution in [3.05, 3.63) is 36.5 Å². The van der Waals surface area contributed by atoms with E-state index in [9.17, 15) is 0 Å². The van der Waals surface area contributed by atoms with Gasteiger partial charge in [0.05, 0.1) is 35.1 Å². The van der Waals surface area contributed by atoms with Crippen LogP contribution in [0.25, 0.3) is 22.3 Å². The van der Waals surface area contributed by atoms with E-state index in [0.717, 1.165) is 34.5 Å². The summed E-state index contributed by atoms with van der Waals surface area (Å²) >= 11 is 0. The van der Waals surface area contributed by atoms with Crippen molar-refractivity contribution in [2.24, 2.45) is 7.05 Å². The van der Waals surface area contributed by atoms with Crippen LogP contribution in [-0.4, -0.2) is 26.6 Å². The molecular weight excluding hydrogens is 226 g/mol. The molecule has 0 radical (unpaired) electrons. The molecule has 0 fully saturated rings. The van der Waals surface area contributed by atoms with E-state index >= 15 is 0 Å². The molecule has 0 aliphatic carbocycles. The van der Waals surface area contributed by atoms with Gasteiger partial charge in [-0.1, -0.05) is 6.07 Å². The zero-order valence-corrected chi connectivity index (χ0v) is 10.4. The maximum atomic E-state index is 4.42. The Hall–Kier alpha value is -2.14. The molecule has 0 unspecified atom stereocenters. The number of hydrogen-bond acceptors (Lipinski definition) is 3. The monoisotopic (exact) mass is 241 g/mol. The maximum absolute atomic E-state index is 4.42. The van der Waals surface area contributed by atoms with Gasteiger partial charge >= 0.3 is 0 Å². The smallest absolute Gasteiger partial charge is 0.0952 e. The molecule has 92 valence electrons. The van der Waals surface area contributed by atoms with Crippen molar-refractivity contribution in [2.75, 3.05) is 7.05 Å². The number of nitrogens with one attached hydrogen (secondary N) is 2. The Balaban J connectivity index is 2.15. The van der Waals surface area contributed by atoms with Gasteiger partial charge in [0, 0.05) is 19.2 Å². The number of H-pyrrole nitrogens is 1. The van der Waals surface area contributed by atoms with Crippen LogP contribution in [0.2, 0.25) is 0 Å². The number of benzene rings is 1. The summed E-state index contributed by atoms with van der Waals surface area (Å²) in [6.45, 7) is 0.761. The number of aryl methyl sites for hydroxylation is 1. The number of rotatable bonds is 3. The zero-order valence-electron chi connectivity index (χ0n) is 10.4. The third-order valence-electron chi connectivity index (χ3n) is 3.05. The predicted octanol–water partition coefficient (Wildman–Crippen LogP) is 1.68. The van der Waals surface area contributed by atoms with Gasteiger partial charge in [-0.2, -0.15) is 0 Å². The Kier molecular flexibility index (Phi) is 2.60. The second-order valence-corrected chi connectivity index (χ2v) is 4.32. The van der Waals surface area contributed by atoms with Gasteiger partial charge in [-0.25, -0.2) is 9.97 Å². The van der Waals surface area contributed by atoms with E-state index in [1.54, 1.807) is 6.33 Å². The number of fused-ring (bicyclic) bond motifs is 1. The van der Waals surface area contributed by atoms with Gasteiger partial charge in [0.1, 0.15) is 0 Å². The molecule has 0 spiro atoms. The third-order valence-corrected chi connectivity index (χ3v) is 3.05. The molecule has 3 rings (SSSR count). The van der Waals surface area contributed by atoms with Crippen molar-refractivity contribution in [1.29, 1.82) is 0 Å². The van der Waals surface area contributed by atoms with Crippen LogP contribution in [0.4, 0.5) is 0 Å². The Morgan fingerprint density at radius 1 is 1.33 bits per heavy atom. The topological polar surface area (TPSA) is 58.5 Å². The minimum Gasteiger partial charge on any atom is -0.345 e. The van der Waals surface area contributed by atoms with Gasteiger partial charge in [-0.05, 0) is 19.2 Å². The van der Waals surface area contributed by atoms with E-state index in [4.69, 9.17) is 0 Å². The highest BCUT2D eigenvalue weighted by atomic mass is 15.0. The van der Waals surface area contributed by atoms with E-state index in [-0.39, 0.29) is 0 Å². The van der Waals surface area contributed by atoms with Gasteiger partial charge in [-0.15, -0.1) is 0 Å². The first-order valence-corrected chi connectivity index (χ1v) is 5.88. The van der Waals surface area contributed by atoms with E-state index in [1.807, 2.05) is 31.1 Å². The molecule has 5 heteroatoms. The molecule has 2 heterocycles. The summed E-state index contributed by atoms with van der Waals surface area (Å²) in [5.41, 5.74) is 5.37. The average molecular weight is 241 g/mol. The lowest BCUT2D eigenvalue weighted by molar-refractivity contribution is 0.797. The quantitative estimate of drug-likeness (QED) is 0.733. The van der Waals surface area contributed by atoms with Crippen LogP contribution in [0.5, 0.6) is 0 Å². The van der Waals surface area contributed by atoms with Crippen molar-refractivity contribution < 1.29 is 0 Å². The molecule has 2 N–H and O–H groups in total. The summed E-state index contributed by atoms with van der Waals surface area (Å²) in [6.07, 6.45) is 3.56. The first-order valence-electron chi connectivity index (χ1n) is 5.88. The maximum Gasteiger partial charge on any atom is 0.0952 e. The normalized spacial score (nSPS) is 11.2. The van der Waals surface area contributed by atoms with Crippen molar-refractivity contribution in [2.45, 2.75) is 6.54 Å². The van der Waals surface area contributed by atoms with Crippen molar-refractivity contribution in [1.82, 2.24) is 24.8 Å². The lowest BCUT2D eigenvalue weighted by Gasteiger charge is -2.06.